The van der Waals surface area contributed by atoms with E-state index in [9.17, 15) is 0 Å². The third kappa shape index (κ3) is 5.41. The number of nitrogens with zero attached hydrogens (tertiary/aromatic N) is 1. The molecule has 4 aliphatic carbocycles. The second-order valence-electron chi connectivity index (χ2n) is 10.7. The average molecular weight is 491 g/mol. The van der Waals surface area contributed by atoms with E-state index in [0.717, 1.165) is 37.1 Å². The van der Waals surface area contributed by atoms with E-state index in [0.29, 0.717) is 23.7 Å². The van der Waals surface area contributed by atoms with E-state index >= 15 is 0 Å². The standard InChI is InChI=1S/C36H34BN/c37-38(35-23-31(27-13-5-1-6-14-27)21-32(24-35)28-15-7-2-8-16-28)36-25-33(29-17-9-3-10-18-29)22-34(26-36)30-19-11-4-12-20-30/h1-13,15,17,19,21-30H,14,16,18,20H2. The molecule has 1 nitrogen and oxygen atoms in total. The van der Waals surface area contributed by atoms with E-state index in [2.05, 4.69) is 134 Å². The van der Waals surface area contributed by atoms with Gasteiger partial charge in [0, 0.05) is 35.0 Å². The molecule has 0 saturated carbocycles. The zero-order chi connectivity index (χ0) is 25.7. The molecule has 0 saturated heterocycles. The first-order valence-corrected chi connectivity index (χ1v) is 13.9. The van der Waals surface area contributed by atoms with E-state index in [-0.39, 0.29) is 0 Å². The predicted octanol–water partition coefficient (Wildman–Crippen LogP) is 9.31. The molecule has 0 amide bonds. The molecule has 2 radical (unpaired) electrons. The highest BCUT2D eigenvalue weighted by Gasteiger charge is 2.20. The van der Waals surface area contributed by atoms with Crippen molar-refractivity contribution in [1.82, 2.24) is 0 Å². The molecule has 6 rings (SSSR count). The van der Waals surface area contributed by atoms with Crippen molar-refractivity contribution in [1.29, 1.82) is 0 Å². The lowest BCUT2D eigenvalue weighted by Gasteiger charge is -2.28. The van der Waals surface area contributed by atoms with Crippen LogP contribution < -0.4 is 4.81 Å². The molecular formula is C36H34BN. The normalized spacial score (nSPS) is 25.3. The van der Waals surface area contributed by atoms with Crippen molar-refractivity contribution < 1.29 is 0 Å². The Hall–Kier alpha value is -3.78. The smallest absolute Gasteiger partial charge is 0.234 e. The van der Waals surface area contributed by atoms with Gasteiger partial charge < -0.3 is 4.81 Å². The van der Waals surface area contributed by atoms with Crippen molar-refractivity contribution >= 4 is 19.4 Å². The van der Waals surface area contributed by atoms with Gasteiger partial charge in [0.2, 0.25) is 7.98 Å². The summed E-state index contributed by atoms with van der Waals surface area (Å²) in [5, 5.41) is 0. The molecule has 0 fully saturated rings. The van der Waals surface area contributed by atoms with Crippen molar-refractivity contribution in [3.8, 4) is 0 Å². The fourth-order valence-electron chi connectivity index (χ4n) is 5.91. The van der Waals surface area contributed by atoms with Gasteiger partial charge in [-0.2, -0.15) is 0 Å². The van der Waals surface area contributed by atoms with Gasteiger partial charge in [-0.05, 0) is 72.2 Å². The van der Waals surface area contributed by atoms with Gasteiger partial charge in [-0.1, -0.05) is 109 Å². The number of rotatable bonds is 6. The Morgan fingerprint density at radius 3 is 0.947 bits per heavy atom. The van der Waals surface area contributed by atoms with Gasteiger partial charge in [-0.3, -0.25) is 0 Å². The maximum absolute atomic E-state index is 7.02. The quantitative estimate of drug-likeness (QED) is 0.364. The van der Waals surface area contributed by atoms with Crippen LogP contribution in [0.2, 0.25) is 0 Å². The summed E-state index contributed by atoms with van der Waals surface area (Å²) in [7, 11) is 7.02. The Kier molecular flexibility index (Phi) is 7.31. The van der Waals surface area contributed by atoms with Gasteiger partial charge in [-0.25, -0.2) is 0 Å². The van der Waals surface area contributed by atoms with Crippen molar-refractivity contribution in [2.45, 2.75) is 49.4 Å². The highest BCUT2D eigenvalue weighted by Crippen LogP contribution is 2.39. The van der Waals surface area contributed by atoms with Crippen LogP contribution in [-0.4, -0.2) is 7.98 Å². The monoisotopic (exact) mass is 491 g/mol. The van der Waals surface area contributed by atoms with Crippen LogP contribution in [0.15, 0.2) is 134 Å². The highest BCUT2D eigenvalue weighted by molar-refractivity contribution is 6.22. The van der Waals surface area contributed by atoms with Crippen LogP contribution in [0.4, 0.5) is 11.4 Å². The van der Waals surface area contributed by atoms with Crippen molar-refractivity contribution in [2.75, 3.05) is 4.81 Å². The van der Waals surface area contributed by atoms with Crippen LogP contribution >= 0.6 is 0 Å². The van der Waals surface area contributed by atoms with Gasteiger partial charge in [0.15, 0.2) is 0 Å². The third-order valence-corrected chi connectivity index (χ3v) is 8.12. The minimum atomic E-state index is 0.371. The Balaban J connectivity index is 1.41. The molecule has 0 aliphatic heterocycles. The third-order valence-electron chi connectivity index (χ3n) is 8.12. The lowest BCUT2D eigenvalue weighted by Crippen LogP contribution is -2.15. The first kappa shape index (κ1) is 24.6. The molecule has 0 spiro atoms. The van der Waals surface area contributed by atoms with Crippen LogP contribution in [0.5, 0.6) is 0 Å². The Morgan fingerprint density at radius 2 is 0.711 bits per heavy atom. The molecule has 0 heterocycles. The summed E-state index contributed by atoms with van der Waals surface area (Å²) >= 11 is 0. The molecule has 0 aromatic heterocycles. The molecule has 2 aromatic rings. The molecule has 2 heteroatoms. The van der Waals surface area contributed by atoms with Gasteiger partial charge >= 0.3 is 0 Å². The first-order chi connectivity index (χ1) is 18.7. The number of allylic oxidation sites excluding steroid dienone is 16. The Bertz CT molecular complexity index is 1210. The van der Waals surface area contributed by atoms with Gasteiger partial charge in [0.05, 0.1) is 0 Å². The molecule has 4 unspecified atom stereocenters. The molecule has 38 heavy (non-hydrogen) atoms. The molecule has 0 N–H and O–H groups in total. The highest BCUT2D eigenvalue weighted by atomic mass is 15.0. The lowest BCUT2D eigenvalue weighted by atomic mass is 9.85. The topological polar surface area (TPSA) is 3.24 Å². The summed E-state index contributed by atoms with van der Waals surface area (Å²) in [5.41, 5.74) is 7.40. The van der Waals surface area contributed by atoms with Crippen LogP contribution in [0.25, 0.3) is 0 Å². The summed E-state index contributed by atoms with van der Waals surface area (Å²) in [5.74, 6) is 1.48. The SMILES string of the molecule is [B]N(c1cc(C2C=CC=CC2)cc(C2C=CC=CC2)c1)c1cc(C2C=CC=CC2)cc(C2C=CC=CC2)c1. The zero-order valence-corrected chi connectivity index (χ0v) is 21.9. The van der Waals surface area contributed by atoms with Gasteiger partial charge in [-0.15, -0.1) is 0 Å². The average Bonchev–Trinajstić information content (AvgIpc) is 3.02. The van der Waals surface area contributed by atoms with Crippen molar-refractivity contribution in [3.63, 3.8) is 0 Å². The molecule has 4 aliphatic rings. The van der Waals surface area contributed by atoms with E-state index in [4.69, 9.17) is 7.98 Å². The van der Waals surface area contributed by atoms with Crippen molar-refractivity contribution in [3.05, 3.63) is 156 Å². The second kappa shape index (κ2) is 11.3. The summed E-state index contributed by atoms with van der Waals surface area (Å²) in [6.07, 6.45) is 39.6. The zero-order valence-electron chi connectivity index (χ0n) is 21.9. The Morgan fingerprint density at radius 1 is 0.421 bits per heavy atom. The van der Waals surface area contributed by atoms with Crippen LogP contribution in [-0.2, 0) is 0 Å². The number of anilines is 2. The first-order valence-electron chi connectivity index (χ1n) is 13.9. The molecule has 2 aromatic carbocycles. The fraction of sp³-hybridized carbons (Fsp3) is 0.222. The fourth-order valence-corrected chi connectivity index (χ4v) is 5.91. The number of hydrogen-bond donors (Lipinski definition) is 0. The molecular weight excluding hydrogens is 457 g/mol. The summed E-state index contributed by atoms with van der Waals surface area (Å²) in [6, 6.07) is 13.9. The summed E-state index contributed by atoms with van der Waals surface area (Å²) < 4.78 is 0. The summed E-state index contributed by atoms with van der Waals surface area (Å²) in [4.78, 5) is 1.91. The van der Waals surface area contributed by atoms with Crippen LogP contribution in [0, 0.1) is 0 Å². The predicted molar refractivity (Wildman–Crippen MR) is 163 cm³/mol. The maximum atomic E-state index is 7.02. The second-order valence-corrected chi connectivity index (χ2v) is 10.7. The Labute approximate surface area is 229 Å². The largest absolute Gasteiger partial charge is 0.398 e. The van der Waals surface area contributed by atoms with E-state index in [1.54, 1.807) is 0 Å². The minimum absolute atomic E-state index is 0.371. The number of benzene rings is 2. The van der Waals surface area contributed by atoms with E-state index in [1.807, 2.05) is 4.81 Å². The van der Waals surface area contributed by atoms with Crippen LogP contribution in [0.3, 0.4) is 0 Å². The number of hydrogen-bond acceptors (Lipinski definition) is 1. The van der Waals surface area contributed by atoms with E-state index in [1.165, 1.54) is 22.3 Å². The minimum Gasteiger partial charge on any atom is -0.398 e. The lowest BCUT2D eigenvalue weighted by molar-refractivity contribution is 0.823. The summed E-state index contributed by atoms with van der Waals surface area (Å²) in [6.45, 7) is 0. The van der Waals surface area contributed by atoms with Crippen LogP contribution in [0.1, 0.15) is 71.6 Å². The van der Waals surface area contributed by atoms with Gasteiger partial charge in [0.1, 0.15) is 0 Å². The van der Waals surface area contributed by atoms with Gasteiger partial charge in [0.25, 0.3) is 0 Å². The molecule has 4 atom stereocenters. The molecule has 186 valence electrons. The van der Waals surface area contributed by atoms with E-state index < -0.39 is 0 Å². The maximum Gasteiger partial charge on any atom is 0.234 e. The van der Waals surface area contributed by atoms with Crippen molar-refractivity contribution in [2.24, 2.45) is 0 Å². The molecule has 0 bridgehead atoms.